The van der Waals surface area contributed by atoms with Crippen molar-refractivity contribution < 1.29 is 19.1 Å². The second kappa shape index (κ2) is 7.87. The van der Waals surface area contributed by atoms with Crippen LogP contribution in [0.1, 0.15) is 12.5 Å². The van der Waals surface area contributed by atoms with Gasteiger partial charge in [0.05, 0.1) is 12.5 Å². The third kappa shape index (κ3) is 4.83. The van der Waals surface area contributed by atoms with E-state index in [4.69, 9.17) is 21.1 Å². The molecule has 1 aromatic carbocycles. The number of alkyl carbamates (subject to hydrolysis) is 1. The minimum atomic E-state index is -1.19. The van der Waals surface area contributed by atoms with Crippen LogP contribution in [0.25, 0.3) is 0 Å². The minimum Gasteiger partial charge on any atom is -0.445 e. The Bertz CT molecular complexity index is 452. The molecule has 1 N–H and O–H groups in total. The Labute approximate surface area is 123 Å². The summed E-state index contributed by atoms with van der Waals surface area (Å²) in [5.74, 6) is -0.545. The summed E-state index contributed by atoms with van der Waals surface area (Å²) in [4.78, 5) is 23.5. The van der Waals surface area contributed by atoms with Crippen molar-refractivity contribution in [3.8, 4) is 0 Å². The van der Waals surface area contributed by atoms with Crippen LogP contribution in [0.4, 0.5) is 4.79 Å². The number of hydrogen-bond donors (Lipinski definition) is 1. The van der Waals surface area contributed by atoms with Gasteiger partial charge in [0.15, 0.2) is 5.78 Å². The molecule has 110 valence electrons. The highest BCUT2D eigenvalue weighted by Crippen LogP contribution is 2.09. The molecule has 0 aromatic heterocycles. The van der Waals surface area contributed by atoms with E-state index in [1.165, 1.54) is 7.11 Å². The van der Waals surface area contributed by atoms with Crippen LogP contribution < -0.4 is 5.32 Å². The van der Waals surface area contributed by atoms with E-state index in [1.807, 2.05) is 30.3 Å². The van der Waals surface area contributed by atoms with Gasteiger partial charge in [-0.2, -0.15) is 0 Å². The van der Waals surface area contributed by atoms with Gasteiger partial charge in [0.1, 0.15) is 12.1 Å². The number of alkyl halides is 1. The fourth-order valence-electron chi connectivity index (χ4n) is 1.61. The topological polar surface area (TPSA) is 64.6 Å². The van der Waals surface area contributed by atoms with E-state index in [1.54, 1.807) is 6.92 Å². The molecule has 6 heteroatoms. The highest BCUT2D eigenvalue weighted by Gasteiger charge is 2.34. The zero-order valence-corrected chi connectivity index (χ0v) is 12.3. The van der Waals surface area contributed by atoms with Crippen LogP contribution in [0.5, 0.6) is 0 Å². The maximum atomic E-state index is 11.8. The van der Waals surface area contributed by atoms with Crippen LogP contribution in [0.2, 0.25) is 0 Å². The summed E-state index contributed by atoms with van der Waals surface area (Å²) in [5, 5.41) is 2.50. The number of amides is 1. The fourth-order valence-corrected chi connectivity index (χ4v) is 1.90. The lowest BCUT2D eigenvalue weighted by Gasteiger charge is -2.27. The predicted molar refractivity (Wildman–Crippen MR) is 75.8 cm³/mol. The lowest BCUT2D eigenvalue weighted by Crippen LogP contribution is -2.56. The summed E-state index contributed by atoms with van der Waals surface area (Å²) in [6, 6.07) is 9.25. The Kier molecular flexibility index (Phi) is 6.48. The summed E-state index contributed by atoms with van der Waals surface area (Å²) >= 11 is 5.53. The number of carbonyl (C=O) groups is 2. The van der Waals surface area contributed by atoms with Gasteiger partial charge in [-0.05, 0) is 12.5 Å². The lowest BCUT2D eigenvalue weighted by molar-refractivity contribution is -0.124. The molecular formula is C14H18ClNO4. The van der Waals surface area contributed by atoms with Crippen LogP contribution in [-0.4, -0.2) is 37.0 Å². The fraction of sp³-hybridized carbons (Fsp3) is 0.429. The number of benzene rings is 1. The van der Waals surface area contributed by atoms with Crippen molar-refractivity contribution in [3.05, 3.63) is 35.9 Å². The van der Waals surface area contributed by atoms with Crippen molar-refractivity contribution in [2.24, 2.45) is 0 Å². The number of halogens is 1. The highest BCUT2D eigenvalue weighted by molar-refractivity contribution is 6.29. The standard InChI is InChI=1S/C14H18ClNO4/c1-14(10-19-2,12(17)8-15)16-13(18)20-9-11-6-4-3-5-7-11/h3-7H,8-10H2,1-2H3,(H,16,18). The quantitative estimate of drug-likeness (QED) is 0.783. The van der Waals surface area contributed by atoms with Crippen molar-refractivity contribution in [1.29, 1.82) is 0 Å². The van der Waals surface area contributed by atoms with Crippen LogP contribution in [0, 0.1) is 0 Å². The number of hydrogen-bond acceptors (Lipinski definition) is 4. The first kappa shape index (κ1) is 16.5. The van der Waals surface area contributed by atoms with Crippen LogP contribution in [-0.2, 0) is 20.9 Å². The Balaban J connectivity index is 2.56. The second-order valence-corrected chi connectivity index (χ2v) is 4.78. The van der Waals surface area contributed by atoms with Gasteiger partial charge in [0, 0.05) is 7.11 Å². The van der Waals surface area contributed by atoms with Crippen LogP contribution >= 0.6 is 11.6 Å². The average Bonchev–Trinajstić information content (AvgIpc) is 2.45. The van der Waals surface area contributed by atoms with E-state index in [0.717, 1.165) is 5.56 Å². The molecular weight excluding hydrogens is 282 g/mol. The first-order chi connectivity index (χ1) is 9.51. The van der Waals surface area contributed by atoms with E-state index < -0.39 is 11.6 Å². The molecule has 0 aliphatic heterocycles. The number of rotatable bonds is 7. The molecule has 1 amide bonds. The van der Waals surface area contributed by atoms with Crippen molar-refractivity contribution in [2.45, 2.75) is 19.1 Å². The van der Waals surface area contributed by atoms with Gasteiger partial charge in [-0.15, -0.1) is 11.6 Å². The van der Waals surface area contributed by atoms with E-state index >= 15 is 0 Å². The van der Waals surface area contributed by atoms with Gasteiger partial charge in [-0.25, -0.2) is 4.79 Å². The normalized spacial score (nSPS) is 13.3. The van der Waals surface area contributed by atoms with Crippen molar-refractivity contribution in [1.82, 2.24) is 5.32 Å². The molecule has 0 spiro atoms. The molecule has 0 saturated heterocycles. The number of carbonyl (C=O) groups excluding carboxylic acids is 2. The maximum absolute atomic E-state index is 11.8. The van der Waals surface area contributed by atoms with Gasteiger partial charge >= 0.3 is 6.09 Å². The smallest absolute Gasteiger partial charge is 0.408 e. The molecule has 20 heavy (non-hydrogen) atoms. The third-order valence-corrected chi connectivity index (χ3v) is 3.00. The number of methoxy groups -OCH3 is 1. The minimum absolute atomic E-state index is 0.0268. The van der Waals surface area contributed by atoms with Gasteiger partial charge in [-0.1, -0.05) is 30.3 Å². The van der Waals surface area contributed by atoms with Gasteiger partial charge in [0.2, 0.25) is 0 Å². The first-order valence-corrected chi connectivity index (χ1v) is 6.62. The van der Waals surface area contributed by atoms with Crippen molar-refractivity contribution in [2.75, 3.05) is 19.6 Å². The SMILES string of the molecule is COCC(C)(NC(=O)OCc1ccccc1)C(=O)CCl. The predicted octanol–water partition coefficient (Wildman–Crippen LogP) is 2.13. The molecule has 0 heterocycles. The highest BCUT2D eigenvalue weighted by atomic mass is 35.5. The molecule has 1 atom stereocenters. The van der Waals surface area contributed by atoms with Gasteiger partial charge < -0.3 is 14.8 Å². The van der Waals surface area contributed by atoms with E-state index in [0.29, 0.717) is 0 Å². The monoisotopic (exact) mass is 299 g/mol. The third-order valence-electron chi connectivity index (χ3n) is 2.76. The molecule has 1 aromatic rings. The zero-order valence-electron chi connectivity index (χ0n) is 11.5. The molecule has 0 bridgehead atoms. The van der Waals surface area contributed by atoms with Crippen LogP contribution in [0.3, 0.4) is 0 Å². The Morgan fingerprint density at radius 3 is 2.50 bits per heavy atom. The van der Waals surface area contributed by atoms with Gasteiger partial charge in [-0.3, -0.25) is 4.79 Å². The summed E-state index contributed by atoms with van der Waals surface area (Å²) in [7, 11) is 1.44. The number of Topliss-reactive ketones (excluding diaryl/α,β-unsaturated/α-hetero) is 1. The molecule has 1 rings (SSSR count). The summed E-state index contributed by atoms with van der Waals surface area (Å²) in [5.41, 5.74) is -0.329. The summed E-state index contributed by atoms with van der Waals surface area (Å²) in [6.07, 6.45) is -0.688. The van der Waals surface area contributed by atoms with Crippen LogP contribution in [0.15, 0.2) is 30.3 Å². The number of nitrogens with one attached hydrogen (secondary N) is 1. The molecule has 5 nitrogen and oxygen atoms in total. The summed E-state index contributed by atoms with van der Waals surface area (Å²) < 4.78 is 10.0. The Morgan fingerprint density at radius 1 is 1.30 bits per heavy atom. The molecule has 1 unspecified atom stereocenters. The largest absolute Gasteiger partial charge is 0.445 e. The Morgan fingerprint density at radius 2 is 1.95 bits per heavy atom. The molecule has 0 saturated carbocycles. The first-order valence-electron chi connectivity index (χ1n) is 6.09. The summed E-state index contributed by atoms with van der Waals surface area (Å²) in [6.45, 7) is 1.70. The maximum Gasteiger partial charge on any atom is 0.408 e. The lowest BCUT2D eigenvalue weighted by atomic mass is 9.99. The number of ketones is 1. The molecule has 0 radical (unpaired) electrons. The van der Waals surface area contributed by atoms with Crippen molar-refractivity contribution in [3.63, 3.8) is 0 Å². The number of ether oxygens (including phenoxy) is 2. The van der Waals surface area contributed by atoms with E-state index in [-0.39, 0.29) is 24.9 Å². The average molecular weight is 300 g/mol. The molecule has 0 aliphatic rings. The Hall–Kier alpha value is -1.59. The van der Waals surface area contributed by atoms with Gasteiger partial charge in [0.25, 0.3) is 0 Å². The molecule has 0 aliphatic carbocycles. The van der Waals surface area contributed by atoms with Crippen molar-refractivity contribution >= 4 is 23.5 Å². The zero-order chi connectivity index (χ0) is 15.0. The molecule has 0 fully saturated rings. The second-order valence-electron chi connectivity index (χ2n) is 4.51. The van der Waals surface area contributed by atoms with E-state index in [2.05, 4.69) is 5.32 Å². The van der Waals surface area contributed by atoms with E-state index in [9.17, 15) is 9.59 Å².